The summed E-state index contributed by atoms with van der Waals surface area (Å²) in [5.41, 5.74) is 6.13. The lowest BCUT2D eigenvalue weighted by molar-refractivity contribution is -0.292. The van der Waals surface area contributed by atoms with Crippen LogP contribution in [0.3, 0.4) is 0 Å². The molecule has 20 nitrogen and oxygen atoms in total. The van der Waals surface area contributed by atoms with Crippen LogP contribution < -0.4 is 5.73 Å². The van der Waals surface area contributed by atoms with E-state index in [2.05, 4.69) is 35.6 Å². The van der Waals surface area contributed by atoms with Crippen molar-refractivity contribution in [3.8, 4) is 0 Å². The number of phosphoric ester groups is 1. The minimum absolute atomic E-state index is 0.0317. The zero-order valence-electron chi connectivity index (χ0n) is 22.3. The molecule has 0 aliphatic carbocycles. The smallest absolute Gasteiger partial charge is 0.394 e. The Labute approximate surface area is 246 Å². The summed E-state index contributed by atoms with van der Waals surface area (Å²) in [5.74, 6) is -3.06. The second-order valence-corrected chi connectivity index (χ2v) is 14.2. The van der Waals surface area contributed by atoms with Gasteiger partial charge in [0.25, 0.3) is 5.85 Å². The normalized spacial score (nSPS) is 36.9. The van der Waals surface area contributed by atoms with Gasteiger partial charge in [-0.1, -0.05) is 0 Å². The number of alkyl halides is 1. The van der Waals surface area contributed by atoms with Gasteiger partial charge in [0.15, 0.2) is 24.0 Å². The van der Waals surface area contributed by atoms with Crippen LogP contribution in [-0.4, -0.2) is 147 Å². The average Bonchev–Trinajstić information content (AvgIpc) is 3.46. The SMILES string of the molecule is CN(C)[C@H]1[C@H](n2cnc3c(N)ncnc32)O[C@](F)(COP(O)(=S)OP(=O)(O)OC2OC([C@@H](O)CO)C(O)C(O)C2O)[C@H]1O. The molecule has 0 radical (unpaired) electrons. The fraction of sp³-hybridized carbons (Fsp3) is 0.737. The molecule has 2 fully saturated rings. The number of nitrogens with two attached hydrogens (primary N) is 1. The minimum Gasteiger partial charge on any atom is -0.394 e. The van der Waals surface area contributed by atoms with Gasteiger partial charge in [-0.25, -0.2) is 28.2 Å². The molecule has 10 N–H and O–H groups in total. The zero-order chi connectivity index (χ0) is 32.1. The molecule has 0 bridgehead atoms. The molecule has 12 atom stereocenters. The molecule has 2 aliphatic rings. The maximum atomic E-state index is 16.0. The molecule has 4 heterocycles. The molecular formula is C19H31FN6O14P2S. The number of hydrogen-bond donors (Lipinski definition) is 9. The quantitative estimate of drug-likeness (QED) is 0.104. The van der Waals surface area contributed by atoms with Gasteiger partial charge in [-0.05, 0) is 25.9 Å². The third-order valence-corrected chi connectivity index (χ3v) is 10.2. The molecule has 2 aromatic rings. The van der Waals surface area contributed by atoms with E-state index < -0.39 is 88.8 Å². The number of nitrogen functional groups attached to an aromatic ring is 1. The monoisotopic (exact) mass is 680 g/mol. The van der Waals surface area contributed by atoms with Gasteiger partial charge in [0.1, 0.15) is 55.1 Å². The minimum atomic E-state index is -5.57. The van der Waals surface area contributed by atoms with Crippen molar-refractivity contribution in [3.63, 3.8) is 0 Å². The Morgan fingerprint density at radius 1 is 1.21 bits per heavy atom. The predicted molar refractivity (Wildman–Crippen MR) is 141 cm³/mol. The van der Waals surface area contributed by atoms with Gasteiger partial charge in [-0.15, -0.1) is 0 Å². The number of phosphoric acid groups is 1. The molecule has 2 saturated heterocycles. The summed E-state index contributed by atoms with van der Waals surface area (Å²) in [6.45, 7) is -7.20. The number of halogens is 1. The number of aromatic nitrogens is 4. The van der Waals surface area contributed by atoms with Crippen LogP contribution in [0.1, 0.15) is 6.23 Å². The third kappa shape index (κ3) is 7.05. The van der Waals surface area contributed by atoms with Crippen molar-refractivity contribution in [1.82, 2.24) is 24.4 Å². The van der Waals surface area contributed by atoms with E-state index in [1.54, 1.807) is 0 Å². The number of ether oxygens (including phenoxy) is 2. The number of imidazole rings is 1. The van der Waals surface area contributed by atoms with Crippen LogP contribution >= 0.6 is 14.5 Å². The molecule has 0 spiro atoms. The number of rotatable bonds is 11. The van der Waals surface area contributed by atoms with Crippen LogP contribution in [0, 0.1) is 0 Å². The summed E-state index contributed by atoms with van der Waals surface area (Å²) in [4.78, 5) is 34.0. The summed E-state index contributed by atoms with van der Waals surface area (Å²) in [5, 5.41) is 59.8. The van der Waals surface area contributed by atoms with Gasteiger partial charge in [0, 0.05) is 0 Å². The first-order valence-corrected chi connectivity index (χ1v) is 16.3. The van der Waals surface area contributed by atoms with E-state index in [4.69, 9.17) is 24.8 Å². The second-order valence-electron chi connectivity index (χ2n) is 9.87. The van der Waals surface area contributed by atoms with Crippen molar-refractivity contribution in [2.24, 2.45) is 0 Å². The largest absolute Gasteiger partial charge is 0.481 e. The fourth-order valence-corrected chi connectivity index (χ4v) is 7.62. The lowest BCUT2D eigenvalue weighted by Gasteiger charge is -2.41. The van der Waals surface area contributed by atoms with Crippen molar-refractivity contribution < 1.29 is 72.2 Å². The maximum Gasteiger partial charge on any atom is 0.481 e. The molecule has 2 aliphatic heterocycles. The van der Waals surface area contributed by atoms with Crippen LogP contribution in [-0.2, 0) is 39.2 Å². The van der Waals surface area contributed by atoms with Crippen LogP contribution in [0.15, 0.2) is 12.7 Å². The number of fused-ring (bicyclic) bond motifs is 1. The van der Waals surface area contributed by atoms with E-state index in [-0.39, 0.29) is 17.0 Å². The molecule has 244 valence electrons. The highest BCUT2D eigenvalue weighted by molar-refractivity contribution is 8.08. The van der Waals surface area contributed by atoms with Crippen LogP contribution in [0.25, 0.3) is 11.2 Å². The van der Waals surface area contributed by atoms with Gasteiger partial charge in [0.2, 0.25) is 0 Å². The second kappa shape index (κ2) is 12.8. The Balaban J connectivity index is 1.47. The highest BCUT2D eigenvalue weighted by Gasteiger charge is 2.58. The van der Waals surface area contributed by atoms with Crippen LogP contribution in [0.4, 0.5) is 10.2 Å². The highest BCUT2D eigenvalue weighted by atomic mass is 32.5. The van der Waals surface area contributed by atoms with Gasteiger partial charge >= 0.3 is 14.5 Å². The molecule has 0 aromatic carbocycles. The first-order chi connectivity index (χ1) is 19.9. The Hall–Kier alpha value is -1.40. The van der Waals surface area contributed by atoms with E-state index in [9.17, 15) is 39.9 Å². The Kier molecular flexibility index (Phi) is 10.2. The summed E-state index contributed by atoms with van der Waals surface area (Å²) in [7, 11) is -2.54. The summed E-state index contributed by atoms with van der Waals surface area (Å²) in [6, 6.07) is -1.11. The van der Waals surface area contributed by atoms with E-state index in [1.807, 2.05) is 0 Å². The van der Waals surface area contributed by atoms with E-state index in [1.165, 1.54) is 29.9 Å². The predicted octanol–water partition coefficient (Wildman–Crippen LogP) is -3.58. The fourth-order valence-electron chi connectivity index (χ4n) is 4.54. The number of anilines is 1. The number of aliphatic hydroxyl groups excluding tert-OH is 6. The molecule has 4 rings (SSSR count). The molecule has 7 unspecified atom stereocenters. The lowest BCUT2D eigenvalue weighted by atomic mass is 9.96. The number of hydrogen-bond acceptors (Lipinski definition) is 18. The van der Waals surface area contributed by atoms with E-state index in [0.717, 1.165) is 6.33 Å². The first kappa shape index (κ1) is 34.5. The van der Waals surface area contributed by atoms with Crippen molar-refractivity contribution in [3.05, 3.63) is 12.7 Å². The molecule has 0 amide bonds. The number of likely N-dealkylation sites (N-methyl/N-ethyl adjacent to an activating group) is 1. The Morgan fingerprint density at radius 3 is 2.51 bits per heavy atom. The molecule has 2 aromatic heterocycles. The lowest BCUT2D eigenvalue weighted by Crippen LogP contribution is -2.61. The third-order valence-electron chi connectivity index (χ3n) is 6.67. The van der Waals surface area contributed by atoms with Crippen LogP contribution in [0.5, 0.6) is 0 Å². The summed E-state index contributed by atoms with van der Waals surface area (Å²) >= 11 is 4.69. The molecule has 24 heteroatoms. The standard InChI is InChI=1S/C19H31FN6O14P2S/c1-25(2)9-14(32)19(20,38-17(9)26-6-24-8-15(21)22-5-23-16(8)26)4-36-42(35,43)40-41(33,34)39-18-12(31)10(29)11(30)13(37-18)7(28)3-27/h5-7,9-14,17-18,27-32H,3-4H2,1-2H3,(H,33,34)(H,35,43)(H2,21,22,23)/t7-,9+,10?,11?,12?,13?,14-,17+,18?,19+,42?/m0/s1. The molecule has 0 saturated carbocycles. The highest BCUT2D eigenvalue weighted by Crippen LogP contribution is 2.62. The van der Waals surface area contributed by atoms with Gasteiger partial charge in [0.05, 0.1) is 19.0 Å². The topological polar surface area (TPSA) is 298 Å². The Morgan fingerprint density at radius 2 is 1.88 bits per heavy atom. The maximum absolute atomic E-state index is 16.0. The van der Waals surface area contributed by atoms with Crippen molar-refractivity contribution in [2.75, 3.05) is 33.0 Å². The van der Waals surface area contributed by atoms with Gasteiger partial charge in [-0.2, -0.15) is 0 Å². The Bertz CT molecular complexity index is 1400. The molecule has 43 heavy (non-hydrogen) atoms. The van der Waals surface area contributed by atoms with E-state index in [0.29, 0.717) is 0 Å². The van der Waals surface area contributed by atoms with E-state index >= 15 is 4.39 Å². The average molecular weight is 680 g/mol. The van der Waals surface area contributed by atoms with Crippen LogP contribution in [0.2, 0.25) is 0 Å². The number of nitrogens with zero attached hydrogens (tertiary/aromatic N) is 5. The summed E-state index contributed by atoms with van der Waals surface area (Å²) < 4.78 is 54.4. The van der Waals surface area contributed by atoms with Gasteiger partial charge in [-0.3, -0.25) is 14.0 Å². The zero-order valence-corrected chi connectivity index (χ0v) is 24.9. The van der Waals surface area contributed by atoms with Crippen molar-refractivity contribution >= 4 is 43.3 Å². The van der Waals surface area contributed by atoms with Gasteiger partial charge < -0.3 is 60.2 Å². The van der Waals surface area contributed by atoms with Crippen molar-refractivity contribution in [1.29, 1.82) is 0 Å². The van der Waals surface area contributed by atoms with Crippen molar-refractivity contribution in [2.45, 2.75) is 61.0 Å². The first-order valence-electron chi connectivity index (χ1n) is 12.2. The molecular weight excluding hydrogens is 649 g/mol. The summed E-state index contributed by atoms with van der Waals surface area (Å²) in [6.07, 6.45) is -13.0. The number of aliphatic hydroxyl groups is 6.